The van der Waals surface area contributed by atoms with Crippen LogP contribution in [0.4, 0.5) is 0 Å². The second kappa shape index (κ2) is 8.37. The standard InChI is InChI=1S/C10H8N2.2B.Zn/c1-3-7-11-9(5-1)10-6-2-4-8-12-10;;;/h1-8H;;;/q;2*-1;+2. The minimum Gasteiger partial charge on any atom is -1.00 e. The Morgan fingerprint density at radius 2 is 1.07 bits per heavy atom. The molecule has 0 saturated heterocycles. The SMILES string of the molecule is [B-].[B-].[Zn+2].c1ccc(-c2ccccn2)nc1. The van der Waals surface area contributed by atoms with E-state index in [2.05, 4.69) is 9.97 Å². The fourth-order valence-corrected chi connectivity index (χ4v) is 1.03. The summed E-state index contributed by atoms with van der Waals surface area (Å²) in [4.78, 5) is 8.37. The Balaban J connectivity index is 0. The molecule has 5 heteroatoms. The van der Waals surface area contributed by atoms with Crippen LogP contribution < -0.4 is 0 Å². The van der Waals surface area contributed by atoms with E-state index in [0.717, 1.165) is 11.4 Å². The van der Waals surface area contributed by atoms with Crippen molar-refractivity contribution in [2.24, 2.45) is 0 Å². The average molecular weight is 243 g/mol. The fraction of sp³-hybridized carbons (Fsp3) is 0. The molecule has 0 amide bonds. The molecule has 2 heterocycles. The third-order valence-electron chi connectivity index (χ3n) is 1.59. The van der Waals surface area contributed by atoms with E-state index in [0.29, 0.717) is 0 Å². The predicted molar refractivity (Wildman–Crippen MR) is 59.0 cm³/mol. The van der Waals surface area contributed by atoms with E-state index in [4.69, 9.17) is 0 Å². The van der Waals surface area contributed by atoms with Crippen molar-refractivity contribution < 1.29 is 19.5 Å². The molecule has 0 spiro atoms. The van der Waals surface area contributed by atoms with Gasteiger partial charge in [-0.1, -0.05) is 12.1 Å². The van der Waals surface area contributed by atoms with E-state index in [1.807, 2.05) is 36.4 Å². The minimum atomic E-state index is 0. The van der Waals surface area contributed by atoms with Crippen molar-refractivity contribution in [3.05, 3.63) is 48.8 Å². The second-order valence-electron chi connectivity index (χ2n) is 2.43. The molecule has 8 radical (unpaired) electrons. The van der Waals surface area contributed by atoms with Crippen LogP contribution in [0.5, 0.6) is 0 Å². The molecular weight excluding hydrogens is 235 g/mol. The van der Waals surface area contributed by atoms with Crippen LogP contribution in [0.3, 0.4) is 0 Å². The Hall–Kier alpha value is -0.947. The fourth-order valence-electron chi connectivity index (χ4n) is 1.03. The molecule has 0 aliphatic heterocycles. The van der Waals surface area contributed by atoms with Crippen molar-refractivity contribution >= 4 is 16.8 Å². The molecule has 0 saturated carbocycles. The summed E-state index contributed by atoms with van der Waals surface area (Å²) >= 11 is 0. The number of aromatic nitrogens is 2. The van der Waals surface area contributed by atoms with Crippen molar-refractivity contribution in [3.8, 4) is 11.4 Å². The molecule has 0 aromatic carbocycles. The zero-order valence-electron chi connectivity index (χ0n) is 8.38. The van der Waals surface area contributed by atoms with Crippen LogP contribution >= 0.6 is 0 Å². The topological polar surface area (TPSA) is 25.8 Å². The maximum Gasteiger partial charge on any atom is 2.00 e. The van der Waals surface area contributed by atoms with Crippen molar-refractivity contribution in [3.63, 3.8) is 0 Å². The Kier molecular flexibility index (Phi) is 9.20. The van der Waals surface area contributed by atoms with Gasteiger partial charge in [0.1, 0.15) is 0 Å². The molecule has 0 N–H and O–H groups in total. The average Bonchev–Trinajstić information content (AvgIpc) is 2.21. The molecule has 0 aliphatic rings. The van der Waals surface area contributed by atoms with Crippen LogP contribution in [0.15, 0.2) is 48.8 Å². The molecule has 2 aromatic rings. The van der Waals surface area contributed by atoms with E-state index in [9.17, 15) is 0 Å². The van der Waals surface area contributed by atoms with E-state index >= 15 is 0 Å². The maximum absolute atomic E-state index is 4.19. The van der Waals surface area contributed by atoms with Crippen molar-refractivity contribution in [1.82, 2.24) is 9.97 Å². The summed E-state index contributed by atoms with van der Waals surface area (Å²) in [6.07, 6.45) is 3.54. The minimum absolute atomic E-state index is 0. The third-order valence-corrected chi connectivity index (χ3v) is 1.59. The zero-order valence-corrected chi connectivity index (χ0v) is 11.3. The number of rotatable bonds is 1. The number of pyridine rings is 2. The van der Waals surface area contributed by atoms with Gasteiger partial charge < -0.3 is 16.8 Å². The monoisotopic (exact) mass is 242 g/mol. The Morgan fingerprint density at radius 3 is 1.33 bits per heavy atom. The van der Waals surface area contributed by atoms with Crippen LogP contribution in [-0.4, -0.2) is 26.8 Å². The first-order chi connectivity index (χ1) is 5.97. The van der Waals surface area contributed by atoms with Gasteiger partial charge in [0.05, 0.1) is 11.4 Å². The smallest absolute Gasteiger partial charge is 1.00 e. The first kappa shape index (κ1) is 16.5. The molecule has 0 unspecified atom stereocenters. The largest absolute Gasteiger partial charge is 2.00 e. The molecule has 0 fully saturated rings. The van der Waals surface area contributed by atoms with Crippen molar-refractivity contribution in [2.45, 2.75) is 0 Å². The van der Waals surface area contributed by atoms with Crippen LogP contribution in [0.2, 0.25) is 0 Å². The van der Waals surface area contributed by atoms with Gasteiger partial charge in [0.25, 0.3) is 0 Å². The van der Waals surface area contributed by atoms with Crippen LogP contribution in [0.25, 0.3) is 11.4 Å². The molecule has 0 aliphatic carbocycles. The first-order valence-electron chi connectivity index (χ1n) is 3.79. The summed E-state index contributed by atoms with van der Waals surface area (Å²) in [6, 6.07) is 11.6. The summed E-state index contributed by atoms with van der Waals surface area (Å²) in [7, 11) is 0. The molecule has 2 rings (SSSR count). The van der Waals surface area contributed by atoms with Crippen molar-refractivity contribution in [1.29, 1.82) is 0 Å². The quantitative estimate of drug-likeness (QED) is 0.707. The normalized spacial score (nSPS) is 7.73. The molecular formula is C10H8B2N2Zn. The number of nitrogens with zero attached hydrogens (tertiary/aromatic N) is 2. The second-order valence-corrected chi connectivity index (χ2v) is 2.43. The maximum atomic E-state index is 4.19. The zero-order chi connectivity index (χ0) is 8.23. The van der Waals surface area contributed by atoms with E-state index in [1.165, 1.54) is 0 Å². The number of hydrogen-bond acceptors (Lipinski definition) is 2. The molecule has 15 heavy (non-hydrogen) atoms. The molecule has 0 atom stereocenters. The summed E-state index contributed by atoms with van der Waals surface area (Å²) in [5, 5.41) is 0. The van der Waals surface area contributed by atoms with Gasteiger partial charge in [-0.3, -0.25) is 9.97 Å². The summed E-state index contributed by atoms with van der Waals surface area (Å²) < 4.78 is 0. The van der Waals surface area contributed by atoms with E-state index < -0.39 is 0 Å². The van der Waals surface area contributed by atoms with Gasteiger partial charge in [0.2, 0.25) is 0 Å². The third kappa shape index (κ3) is 4.39. The van der Waals surface area contributed by atoms with Gasteiger partial charge in [0, 0.05) is 12.4 Å². The van der Waals surface area contributed by atoms with Crippen molar-refractivity contribution in [2.75, 3.05) is 0 Å². The van der Waals surface area contributed by atoms with E-state index in [1.54, 1.807) is 12.4 Å². The van der Waals surface area contributed by atoms with Gasteiger partial charge in [-0.2, -0.15) is 0 Å². The summed E-state index contributed by atoms with van der Waals surface area (Å²) in [6.45, 7) is 0. The Labute approximate surface area is 106 Å². The van der Waals surface area contributed by atoms with Gasteiger partial charge in [0.15, 0.2) is 0 Å². The van der Waals surface area contributed by atoms with Gasteiger partial charge in [-0.25, -0.2) is 0 Å². The van der Waals surface area contributed by atoms with Gasteiger partial charge in [-0.15, -0.1) is 0 Å². The molecule has 2 nitrogen and oxygen atoms in total. The van der Waals surface area contributed by atoms with Crippen LogP contribution in [-0.2, 0) is 19.5 Å². The summed E-state index contributed by atoms with van der Waals surface area (Å²) in [5.41, 5.74) is 1.83. The molecule has 2 aromatic heterocycles. The van der Waals surface area contributed by atoms with Gasteiger partial charge >= 0.3 is 19.5 Å². The Bertz CT molecular complexity index is 319. The summed E-state index contributed by atoms with van der Waals surface area (Å²) in [5.74, 6) is 0. The Morgan fingerprint density at radius 1 is 0.667 bits per heavy atom. The first-order valence-corrected chi connectivity index (χ1v) is 3.79. The predicted octanol–water partition coefficient (Wildman–Crippen LogP) is 1.38. The van der Waals surface area contributed by atoms with Gasteiger partial charge in [-0.05, 0) is 24.3 Å². The molecule has 66 valence electrons. The molecule has 0 bridgehead atoms. The van der Waals surface area contributed by atoms with Crippen LogP contribution in [0.1, 0.15) is 0 Å². The van der Waals surface area contributed by atoms with E-state index in [-0.39, 0.29) is 36.3 Å². The number of hydrogen-bond donors (Lipinski definition) is 0. The van der Waals surface area contributed by atoms with Crippen LogP contribution in [0, 0.1) is 0 Å².